The van der Waals surface area contributed by atoms with Gasteiger partial charge in [-0.3, -0.25) is 9.59 Å². The van der Waals surface area contributed by atoms with Crippen LogP contribution < -0.4 is 5.32 Å². The number of ether oxygens (including phenoxy) is 1. The topological polar surface area (TPSA) is 95.9 Å². The summed E-state index contributed by atoms with van der Waals surface area (Å²) in [6.07, 6.45) is -1.16. The van der Waals surface area contributed by atoms with Gasteiger partial charge in [0.05, 0.1) is 12.3 Å². The molecule has 0 bridgehead atoms. The summed E-state index contributed by atoms with van der Waals surface area (Å²) in [5.41, 5.74) is 4.23. The van der Waals surface area contributed by atoms with Gasteiger partial charge in [0.1, 0.15) is 12.5 Å². The molecule has 3 unspecified atom stereocenters. The van der Waals surface area contributed by atoms with Gasteiger partial charge in [-0.2, -0.15) is 0 Å². The normalized spacial score (nSPS) is 20.3. The molecule has 0 saturated heterocycles. The van der Waals surface area contributed by atoms with Gasteiger partial charge in [0.25, 0.3) is 5.92 Å². The summed E-state index contributed by atoms with van der Waals surface area (Å²) >= 11 is 0. The number of alkyl halides is 2. The number of hydrogen-bond donors (Lipinski definition) is 2. The summed E-state index contributed by atoms with van der Waals surface area (Å²) in [6.45, 7) is 2.89. The molecule has 2 aromatic carbocycles. The number of fused-ring (bicyclic) bond motifs is 3. The van der Waals surface area contributed by atoms with E-state index in [9.17, 15) is 23.2 Å². The molecule has 2 aromatic rings. The Labute approximate surface area is 202 Å². The number of carboxylic acid groups (broad SMARTS) is 1. The molecule has 2 aliphatic rings. The molecule has 0 aliphatic heterocycles. The Morgan fingerprint density at radius 3 is 2.20 bits per heavy atom. The highest BCUT2D eigenvalue weighted by Crippen LogP contribution is 2.56. The molecule has 0 spiro atoms. The second kappa shape index (κ2) is 9.64. The zero-order valence-corrected chi connectivity index (χ0v) is 19.5. The van der Waals surface area contributed by atoms with E-state index in [2.05, 4.69) is 5.32 Å². The summed E-state index contributed by atoms with van der Waals surface area (Å²) in [4.78, 5) is 37.1. The standard InChI is InChI=1S/C26H28F2N2O5/c1-3-30(15(2)12-22(31)32)24(33)23-21(26(23,27)28)13-29-25(34)35-14-20-18-10-6-4-8-16(18)17-9-5-7-11-19(17)20/h4-11,15,20-21,23H,3,12-14H2,1-2H3,(H,29,34)(H,31,32). The number of nitrogens with zero attached hydrogens (tertiary/aromatic N) is 1. The first-order chi connectivity index (χ1) is 16.7. The minimum absolute atomic E-state index is 0.0552. The zero-order chi connectivity index (χ0) is 25.3. The second-order valence-corrected chi connectivity index (χ2v) is 9.04. The van der Waals surface area contributed by atoms with E-state index in [0.717, 1.165) is 27.2 Å². The first-order valence-corrected chi connectivity index (χ1v) is 11.7. The van der Waals surface area contributed by atoms with E-state index in [0.29, 0.717) is 0 Å². The minimum Gasteiger partial charge on any atom is -0.481 e. The first-order valence-electron chi connectivity index (χ1n) is 11.7. The van der Waals surface area contributed by atoms with Crippen molar-refractivity contribution in [2.45, 2.75) is 38.2 Å². The van der Waals surface area contributed by atoms with Crippen LogP contribution in [0.5, 0.6) is 0 Å². The summed E-state index contributed by atoms with van der Waals surface area (Å²) in [6, 6.07) is 15.0. The van der Waals surface area contributed by atoms with E-state index in [1.165, 1.54) is 6.92 Å². The molecule has 1 fully saturated rings. The number of hydrogen-bond acceptors (Lipinski definition) is 4. The van der Waals surface area contributed by atoms with Crippen molar-refractivity contribution in [2.75, 3.05) is 19.7 Å². The van der Waals surface area contributed by atoms with Gasteiger partial charge in [0.15, 0.2) is 0 Å². The molecular formula is C26H28F2N2O5. The molecule has 3 atom stereocenters. The first kappa shape index (κ1) is 24.6. The van der Waals surface area contributed by atoms with Crippen LogP contribution in [0.4, 0.5) is 13.6 Å². The molecule has 2 aliphatic carbocycles. The van der Waals surface area contributed by atoms with Gasteiger partial charge in [0, 0.05) is 25.0 Å². The van der Waals surface area contributed by atoms with Gasteiger partial charge in [-0.25, -0.2) is 13.6 Å². The predicted molar refractivity (Wildman–Crippen MR) is 124 cm³/mol. The smallest absolute Gasteiger partial charge is 0.407 e. The van der Waals surface area contributed by atoms with Crippen LogP contribution in [0, 0.1) is 11.8 Å². The monoisotopic (exact) mass is 486 g/mol. The quantitative estimate of drug-likeness (QED) is 0.556. The summed E-state index contributed by atoms with van der Waals surface area (Å²) in [7, 11) is 0. The highest BCUT2D eigenvalue weighted by molar-refractivity contribution is 5.85. The highest BCUT2D eigenvalue weighted by atomic mass is 19.3. The van der Waals surface area contributed by atoms with Crippen molar-refractivity contribution in [3.63, 3.8) is 0 Å². The van der Waals surface area contributed by atoms with E-state index >= 15 is 0 Å². The van der Waals surface area contributed by atoms with Crippen molar-refractivity contribution >= 4 is 18.0 Å². The molecule has 9 heteroatoms. The molecule has 2 amide bonds. The average molecular weight is 487 g/mol. The Kier molecular flexibility index (Phi) is 6.78. The Morgan fingerprint density at radius 1 is 1.09 bits per heavy atom. The number of carbonyl (C=O) groups excluding carboxylic acids is 2. The summed E-state index contributed by atoms with van der Waals surface area (Å²) in [5.74, 6) is -8.29. The van der Waals surface area contributed by atoms with Crippen LogP contribution in [0.1, 0.15) is 37.3 Å². The van der Waals surface area contributed by atoms with Crippen LogP contribution in [-0.2, 0) is 14.3 Å². The molecule has 186 valence electrons. The van der Waals surface area contributed by atoms with Crippen molar-refractivity contribution in [2.24, 2.45) is 11.8 Å². The Balaban J connectivity index is 1.33. The fourth-order valence-electron chi connectivity index (χ4n) is 5.05. The third-order valence-electron chi connectivity index (χ3n) is 6.90. The summed E-state index contributed by atoms with van der Waals surface area (Å²) < 4.78 is 34.2. The van der Waals surface area contributed by atoms with Gasteiger partial charge < -0.3 is 20.1 Å². The third kappa shape index (κ3) is 4.72. The molecule has 1 saturated carbocycles. The van der Waals surface area contributed by atoms with Crippen molar-refractivity contribution in [1.29, 1.82) is 0 Å². The third-order valence-corrected chi connectivity index (χ3v) is 6.90. The molecule has 0 aromatic heterocycles. The maximum absolute atomic E-state index is 14.4. The molecule has 0 heterocycles. The lowest BCUT2D eigenvalue weighted by Gasteiger charge is -2.27. The SMILES string of the molecule is CCN(C(=O)C1C(CNC(=O)OCC2c3ccccc3-c3ccccc32)C1(F)F)C(C)CC(=O)O. The van der Waals surface area contributed by atoms with Gasteiger partial charge >= 0.3 is 12.1 Å². The maximum atomic E-state index is 14.4. The van der Waals surface area contributed by atoms with Crippen LogP contribution in [0.15, 0.2) is 48.5 Å². The molecular weight excluding hydrogens is 458 g/mol. The van der Waals surface area contributed by atoms with Gasteiger partial charge in [-0.15, -0.1) is 0 Å². The Hall–Kier alpha value is -3.49. The van der Waals surface area contributed by atoms with Crippen LogP contribution >= 0.6 is 0 Å². The minimum atomic E-state index is -3.27. The molecule has 2 N–H and O–H groups in total. The van der Waals surface area contributed by atoms with Crippen molar-refractivity contribution in [1.82, 2.24) is 10.2 Å². The number of alkyl carbamates (subject to hydrolysis) is 1. The fraction of sp³-hybridized carbons (Fsp3) is 0.423. The van der Waals surface area contributed by atoms with Crippen LogP contribution in [0.3, 0.4) is 0 Å². The number of carboxylic acids is 1. The van der Waals surface area contributed by atoms with Gasteiger partial charge in [-0.1, -0.05) is 48.5 Å². The lowest BCUT2D eigenvalue weighted by Crippen LogP contribution is -2.41. The lowest BCUT2D eigenvalue weighted by atomic mass is 9.98. The zero-order valence-electron chi connectivity index (χ0n) is 19.5. The molecule has 4 rings (SSSR count). The van der Waals surface area contributed by atoms with Crippen molar-refractivity contribution < 1.29 is 33.0 Å². The number of carbonyl (C=O) groups is 3. The average Bonchev–Trinajstić information content (AvgIpc) is 3.22. The van der Waals surface area contributed by atoms with Crippen molar-refractivity contribution in [3.8, 4) is 11.1 Å². The number of aliphatic carboxylic acids is 1. The van der Waals surface area contributed by atoms with Gasteiger partial charge in [0.2, 0.25) is 5.91 Å². The lowest BCUT2D eigenvalue weighted by molar-refractivity contribution is -0.141. The number of amides is 2. The maximum Gasteiger partial charge on any atom is 0.407 e. The fourth-order valence-corrected chi connectivity index (χ4v) is 5.05. The molecule has 0 radical (unpaired) electrons. The van der Waals surface area contributed by atoms with E-state index in [4.69, 9.17) is 9.84 Å². The largest absolute Gasteiger partial charge is 0.481 e. The van der Waals surface area contributed by atoms with E-state index < -0.39 is 48.3 Å². The molecule has 7 nitrogen and oxygen atoms in total. The van der Waals surface area contributed by atoms with Gasteiger partial charge in [-0.05, 0) is 36.1 Å². The van der Waals surface area contributed by atoms with Crippen LogP contribution in [0.2, 0.25) is 0 Å². The number of benzene rings is 2. The van der Waals surface area contributed by atoms with E-state index in [-0.39, 0.29) is 25.5 Å². The Morgan fingerprint density at radius 2 is 1.66 bits per heavy atom. The van der Waals surface area contributed by atoms with E-state index in [1.807, 2.05) is 48.5 Å². The molecule has 35 heavy (non-hydrogen) atoms. The van der Waals surface area contributed by atoms with Crippen LogP contribution in [-0.4, -0.2) is 59.6 Å². The predicted octanol–water partition coefficient (Wildman–Crippen LogP) is 4.12. The van der Waals surface area contributed by atoms with Crippen molar-refractivity contribution in [3.05, 3.63) is 59.7 Å². The van der Waals surface area contributed by atoms with E-state index in [1.54, 1.807) is 6.92 Å². The summed E-state index contributed by atoms with van der Waals surface area (Å²) in [5, 5.41) is 11.3. The number of nitrogens with one attached hydrogen (secondary N) is 1. The number of halogens is 2. The number of rotatable bonds is 9. The van der Waals surface area contributed by atoms with Crippen LogP contribution in [0.25, 0.3) is 11.1 Å². The Bertz CT molecular complexity index is 1090. The second-order valence-electron chi connectivity index (χ2n) is 9.04. The highest BCUT2D eigenvalue weighted by Gasteiger charge is 2.72.